The Morgan fingerprint density at radius 1 is 1.26 bits per heavy atom. The number of oxime groups is 1. The SMILES string of the molecule is C#C[C@@]1(O)CC[C@H]2[C@@H]3CCC4=CC(=NOCC(=O)NC(Cc5cnc[nH]5)C(=O)OC)CC[C@]4(C)[C@H]3CC[C@@]21C. The van der Waals surface area contributed by atoms with Crippen LogP contribution in [0.15, 0.2) is 29.3 Å². The van der Waals surface area contributed by atoms with E-state index in [1.807, 2.05) is 0 Å². The number of hydrogen-bond acceptors (Lipinski definition) is 7. The fraction of sp³-hybridized carbons (Fsp3) is 0.667. The number of aromatic amines is 1. The highest BCUT2D eigenvalue weighted by molar-refractivity contribution is 5.96. The Morgan fingerprint density at radius 2 is 2.05 bits per heavy atom. The molecule has 7 atom stereocenters. The average molecular weight is 537 g/mol. The van der Waals surface area contributed by atoms with Crippen LogP contribution < -0.4 is 5.32 Å². The van der Waals surface area contributed by atoms with E-state index >= 15 is 0 Å². The van der Waals surface area contributed by atoms with E-state index in [-0.39, 0.29) is 23.9 Å². The lowest BCUT2D eigenvalue weighted by molar-refractivity contribution is -0.145. The number of hydrogen-bond donors (Lipinski definition) is 3. The van der Waals surface area contributed by atoms with Crippen LogP contribution in [0.4, 0.5) is 0 Å². The van der Waals surface area contributed by atoms with Crippen molar-refractivity contribution >= 4 is 17.6 Å². The third-order valence-electron chi connectivity index (χ3n) is 10.5. The molecule has 1 aromatic heterocycles. The highest BCUT2D eigenvalue weighted by atomic mass is 16.6. The number of fused-ring (bicyclic) bond motifs is 5. The summed E-state index contributed by atoms with van der Waals surface area (Å²) in [6.07, 6.45) is 19.0. The third-order valence-corrected chi connectivity index (χ3v) is 10.5. The van der Waals surface area contributed by atoms with Crippen LogP contribution >= 0.6 is 0 Å². The van der Waals surface area contributed by atoms with Gasteiger partial charge in [0, 0.05) is 23.7 Å². The number of nitrogens with zero attached hydrogens (tertiary/aromatic N) is 2. The minimum absolute atomic E-state index is 0.109. The van der Waals surface area contributed by atoms with Gasteiger partial charge in [-0.05, 0) is 80.6 Å². The molecule has 0 saturated heterocycles. The van der Waals surface area contributed by atoms with Crippen molar-refractivity contribution in [1.29, 1.82) is 0 Å². The summed E-state index contributed by atoms with van der Waals surface area (Å²) in [6.45, 7) is 4.33. The summed E-state index contributed by atoms with van der Waals surface area (Å²) in [4.78, 5) is 36.9. The zero-order chi connectivity index (χ0) is 27.8. The zero-order valence-electron chi connectivity index (χ0n) is 23.2. The summed E-state index contributed by atoms with van der Waals surface area (Å²) in [5.41, 5.74) is 1.91. The van der Waals surface area contributed by atoms with Crippen LogP contribution in [0.5, 0.6) is 0 Å². The maximum atomic E-state index is 12.5. The summed E-state index contributed by atoms with van der Waals surface area (Å²) in [5, 5.41) is 18.2. The van der Waals surface area contributed by atoms with E-state index in [0.717, 1.165) is 50.7 Å². The predicted molar refractivity (Wildman–Crippen MR) is 145 cm³/mol. The lowest BCUT2D eigenvalue weighted by Gasteiger charge is -2.58. The molecule has 4 aliphatic carbocycles. The van der Waals surface area contributed by atoms with Gasteiger partial charge in [0.25, 0.3) is 5.91 Å². The number of amides is 1. The molecular weight excluding hydrogens is 496 g/mol. The Bertz CT molecular complexity index is 1200. The molecular formula is C30H40N4O5. The molecule has 0 aliphatic heterocycles. The fourth-order valence-electron chi connectivity index (χ4n) is 8.26. The first-order valence-corrected chi connectivity index (χ1v) is 14.1. The van der Waals surface area contributed by atoms with Gasteiger partial charge in [0.2, 0.25) is 0 Å². The van der Waals surface area contributed by atoms with Crippen molar-refractivity contribution in [1.82, 2.24) is 15.3 Å². The summed E-state index contributed by atoms with van der Waals surface area (Å²) < 4.78 is 4.82. The second kappa shape index (κ2) is 10.5. The average Bonchev–Trinajstić information content (AvgIpc) is 3.53. The van der Waals surface area contributed by atoms with Gasteiger partial charge >= 0.3 is 5.97 Å². The predicted octanol–water partition coefficient (Wildman–Crippen LogP) is 3.31. The molecule has 39 heavy (non-hydrogen) atoms. The lowest BCUT2D eigenvalue weighted by Crippen LogP contribution is -2.54. The van der Waals surface area contributed by atoms with Gasteiger partial charge in [0.15, 0.2) is 6.61 Å². The molecule has 3 fully saturated rings. The smallest absolute Gasteiger partial charge is 0.328 e. The number of carbonyl (C=O) groups excluding carboxylic acids is 2. The van der Waals surface area contributed by atoms with Crippen molar-refractivity contribution in [3.05, 3.63) is 29.9 Å². The molecule has 1 amide bonds. The largest absolute Gasteiger partial charge is 0.467 e. The Kier molecular flexibility index (Phi) is 7.36. The van der Waals surface area contributed by atoms with Gasteiger partial charge in [0.1, 0.15) is 11.6 Å². The first-order valence-electron chi connectivity index (χ1n) is 14.1. The van der Waals surface area contributed by atoms with Crippen LogP contribution in [0, 0.1) is 40.9 Å². The standard InChI is InChI=1S/C30H40N4O5/c1-5-30(37)13-10-24-22-7-6-19-14-20(8-11-28(19,2)23(22)9-12-29(24,30)3)34-39-17-26(35)33-25(27(36)38-4)15-21-16-31-18-32-21/h1,14,16,18,22-25,37H,6-13,15,17H2,2-4H3,(H,31,32)(H,33,35)/t22-,23+,24+,25?,28+,29+,30-/m1/s1. The van der Waals surface area contributed by atoms with E-state index in [9.17, 15) is 14.7 Å². The van der Waals surface area contributed by atoms with Crippen LogP contribution in [-0.4, -0.2) is 58.0 Å². The molecule has 1 aromatic rings. The number of imidazole rings is 1. The minimum atomic E-state index is -0.981. The Balaban J connectivity index is 1.20. The van der Waals surface area contributed by atoms with Crippen LogP contribution in [-0.2, 0) is 25.6 Å². The van der Waals surface area contributed by atoms with Crippen LogP contribution in [0.25, 0.3) is 0 Å². The topological polar surface area (TPSA) is 126 Å². The van der Waals surface area contributed by atoms with Gasteiger partial charge in [-0.15, -0.1) is 6.42 Å². The van der Waals surface area contributed by atoms with Crippen molar-refractivity contribution in [2.24, 2.45) is 33.7 Å². The first kappa shape index (κ1) is 27.4. The first-order chi connectivity index (χ1) is 18.6. The Hall–Kier alpha value is -3.12. The highest BCUT2D eigenvalue weighted by Gasteiger charge is 2.63. The zero-order valence-corrected chi connectivity index (χ0v) is 23.2. The number of methoxy groups -OCH3 is 1. The van der Waals surface area contributed by atoms with Crippen LogP contribution in [0.1, 0.15) is 70.9 Å². The molecule has 4 aliphatic rings. The summed E-state index contributed by atoms with van der Waals surface area (Å²) in [6, 6.07) is -0.847. The van der Waals surface area contributed by atoms with Gasteiger partial charge < -0.3 is 25.0 Å². The number of carbonyl (C=O) groups is 2. The van der Waals surface area contributed by atoms with Gasteiger partial charge in [-0.25, -0.2) is 9.78 Å². The molecule has 0 bridgehead atoms. The monoisotopic (exact) mass is 536 g/mol. The second-order valence-corrected chi connectivity index (χ2v) is 12.3. The molecule has 3 saturated carbocycles. The number of terminal acetylenes is 1. The summed E-state index contributed by atoms with van der Waals surface area (Å²) in [7, 11) is 1.28. The number of aromatic nitrogens is 2. The molecule has 1 heterocycles. The van der Waals surface area contributed by atoms with Crippen molar-refractivity contribution in [2.45, 2.75) is 83.3 Å². The highest BCUT2D eigenvalue weighted by Crippen LogP contribution is 2.67. The van der Waals surface area contributed by atoms with Gasteiger partial charge in [-0.1, -0.05) is 30.5 Å². The number of aliphatic hydroxyl groups is 1. The summed E-state index contributed by atoms with van der Waals surface area (Å²) in [5.74, 6) is 3.40. The van der Waals surface area contributed by atoms with E-state index in [2.05, 4.69) is 46.3 Å². The molecule has 1 unspecified atom stereocenters. The van der Waals surface area contributed by atoms with Crippen molar-refractivity contribution in [3.63, 3.8) is 0 Å². The molecule has 0 spiro atoms. The second-order valence-electron chi connectivity index (χ2n) is 12.3. The minimum Gasteiger partial charge on any atom is -0.467 e. The van der Waals surface area contributed by atoms with E-state index < -0.39 is 23.5 Å². The molecule has 0 aromatic carbocycles. The summed E-state index contributed by atoms with van der Waals surface area (Å²) >= 11 is 0. The molecule has 5 rings (SSSR count). The van der Waals surface area contributed by atoms with E-state index in [4.69, 9.17) is 16.0 Å². The number of ether oxygens (including phenoxy) is 1. The Labute approximate surface area is 230 Å². The van der Waals surface area contributed by atoms with Crippen molar-refractivity contribution in [2.75, 3.05) is 13.7 Å². The fourth-order valence-corrected chi connectivity index (χ4v) is 8.26. The third kappa shape index (κ3) is 4.77. The number of rotatable bonds is 7. The number of nitrogens with one attached hydrogen (secondary N) is 2. The number of H-pyrrole nitrogens is 1. The van der Waals surface area contributed by atoms with Gasteiger partial charge in [-0.2, -0.15) is 0 Å². The molecule has 210 valence electrons. The molecule has 9 nitrogen and oxygen atoms in total. The van der Waals surface area contributed by atoms with Gasteiger partial charge in [0.05, 0.1) is 19.1 Å². The van der Waals surface area contributed by atoms with Crippen molar-refractivity contribution in [3.8, 4) is 12.3 Å². The van der Waals surface area contributed by atoms with E-state index in [1.54, 1.807) is 6.20 Å². The maximum absolute atomic E-state index is 12.5. The van der Waals surface area contributed by atoms with Gasteiger partial charge in [-0.3, -0.25) is 4.79 Å². The van der Waals surface area contributed by atoms with Crippen LogP contribution in [0.2, 0.25) is 0 Å². The molecule has 9 heteroatoms. The van der Waals surface area contributed by atoms with Crippen LogP contribution in [0.3, 0.4) is 0 Å². The molecule has 3 N–H and O–H groups in total. The number of allylic oxidation sites excluding steroid dienone is 2. The van der Waals surface area contributed by atoms with Crippen molar-refractivity contribution < 1.29 is 24.3 Å². The molecule has 0 radical (unpaired) electrons. The lowest BCUT2D eigenvalue weighted by atomic mass is 9.46. The van der Waals surface area contributed by atoms with E-state index in [1.165, 1.54) is 19.0 Å². The Morgan fingerprint density at radius 3 is 2.77 bits per heavy atom. The number of esters is 1. The maximum Gasteiger partial charge on any atom is 0.328 e. The normalized spacial score (nSPS) is 36.9. The van der Waals surface area contributed by atoms with E-state index in [0.29, 0.717) is 29.9 Å². The quantitative estimate of drug-likeness (QED) is 0.279.